The largest absolute Gasteiger partial charge is 0.444 e. The van der Waals surface area contributed by atoms with E-state index >= 15 is 0 Å². The van der Waals surface area contributed by atoms with Crippen molar-refractivity contribution < 1.29 is 14.0 Å². The number of aromatic nitrogens is 1. The molecule has 0 bridgehead atoms. The number of hydrogen-bond donors (Lipinski definition) is 3. The molecule has 1 aromatic heterocycles. The second-order valence-corrected chi connectivity index (χ2v) is 8.00. The van der Waals surface area contributed by atoms with Crippen LogP contribution >= 0.6 is 0 Å². The first-order chi connectivity index (χ1) is 12.7. The number of nitrogens with zero attached hydrogens (tertiary/aromatic N) is 2. The quantitative estimate of drug-likeness (QED) is 0.668. The van der Waals surface area contributed by atoms with Gasteiger partial charge in [-0.3, -0.25) is 9.69 Å². The van der Waals surface area contributed by atoms with Crippen molar-refractivity contribution in [2.24, 2.45) is 11.3 Å². The second kappa shape index (κ2) is 9.21. The van der Waals surface area contributed by atoms with E-state index in [4.69, 9.17) is 4.42 Å². The van der Waals surface area contributed by atoms with E-state index in [1.165, 1.54) is 0 Å². The van der Waals surface area contributed by atoms with Crippen LogP contribution < -0.4 is 16.0 Å². The first-order valence-corrected chi connectivity index (χ1v) is 9.60. The van der Waals surface area contributed by atoms with Gasteiger partial charge in [0.25, 0.3) is 0 Å². The van der Waals surface area contributed by atoms with E-state index in [0.717, 1.165) is 49.8 Å². The number of hydrogen-bond acceptors (Lipinski definition) is 5. The van der Waals surface area contributed by atoms with E-state index < -0.39 is 5.41 Å². The number of nitrogens with one attached hydrogen (secondary N) is 3. The summed E-state index contributed by atoms with van der Waals surface area (Å²) in [6.07, 6.45) is 2.06. The van der Waals surface area contributed by atoms with E-state index in [1.807, 2.05) is 13.8 Å². The second-order valence-electron chi connectivity index (χ2n) is 8.00. The van der Waals surface area contributed by atoms with Crippen LogP contribution in [0.4, 0.5) is 4.79 Å². The lowest BCUT2D eigenvalue weighted by molar-refractivity contribution is -0.128. The predicted octanol–water partition coefficient (Wildman–Crippen LogP) is 1.57. The fourth-order valence-electron chi connectivity index (χ4n) is 3.17. The molecule has 1 aliphatic heterocycles. The summed E-state index contributed by atoms with van der Waals surface area (Å²) >= 11 is 0. The van der Waals surface area contributed by atoms with E-state index in [2.05, 4.69) is 25.8 Å². The van der Waals surface area contributed by atoms with E-state index in [9.17, 15) is 9.59 Å². The Bertz CT molecular complexity index is 628. The lowest BCUT2D eigenvalue weighted by Gasteiger charge is -2.31. The summed E-state index contributed by atoms with van der Waals surface area (Å²) in [6, 6.07) is -0.222. The van der Waals surface area contributed by atoms with Crippen LogP contribution in [0.3, 0.4) is 0 Å². The minimum Gasteiger partial charge on any atom is -0.444 e. The third kappa shape index (κ3) is 6.23. The molecular formula is C19H33N5O3. The molecule has 2 rings (SSSR count). The normalized spacial score (nSPS) is 16.2. The van der Waals surface area contributed by atoms with Crippen molar-refractivity contribution in [1.82, 2.24) is 25.8 Å². The molecule has 152 valence electrons. The van der Waals surface area contributed by atoms with Crippen molar-refractivity contribution in [3.8, 4) is 0 Å². The van der Waals surface area contributed by atoms with Gasteiger partial charge in [0.2, 0.25) is 11.8 Å². The molecule has 27 heavy (non-hydrogen) atoms. The molecule has 1 saturated heterocycles. The topological polar surface area (TPSA) is 99.5 Å². The van der Waals surface area contributed by atoms with Gasteiger partial charge in [0.1, 0.15) is 5.76 Å². The van der Waals surface area contributed by atoms with Gasteiger partial charge in [0.15, 0.2) is 0 Å². The maximum absolute atomic E-state index is 12.0. The zero-order valence-corrected chi connectivity index (χ0v) is 17.1. The highest BCUT2D eigenvalue weighted by molar-refractivity contribution is 5.82. The Balaban J connectivity index is 1.65. The van der Waals surface area contributed by atoms with Crippen molar-refractivity contribution in [2.75, 3.05) is 33.2 Å². The van der Waals surface area contributed by atoms with Gasteiger partial charge in [-0.1, -0.05) is 0 Å². The Kier molecular flexibility index (Phi) is 7.24. The molecular weight excluding hydrogens is 346 g/mol. The highest BCUT2D eigenvalue weighted by Gasteiger charge is 2.27. The van der Waals surface area contributed by atoms with Crippen LogP contribution in [0.15, 0.2) is 4.42 Å². The Labute approximate surface area is 161 Å². The molecule has 0 radical (unpaired) electrons. The van der Waals surface area contributed by atoms with Crippen molar-refractivity contribution in [1.29, 1.82) is 0 Å². The Morgan fingerprint density at radius 2 is 1.89 bits per heavy atom. The number of piperidine rings is 1. The number of carbonyl (C=O) groups excluding carboxylic acids is 2. The SMILES string of the molecule is CNC(=O)C(C)(C)CNC(=O)NCC1CCN(Cc2nc(C)c(C)o2)CC1. The summed E-state index contributed by atoms with van der Waals surface area (Å²) in [5.41, 5.74) is 0.322. The molecule has 2 heterocycles. The molecule has 3 amide bonds. The number of rotatable bonds is 7. The van der Waals surface area contributed by atoms with Crippen LogP contribution in [0.25, 0.3) is 0 Å². The van der Waals surface area contributed by atoms with Gasteiger partial charge in [-0.05, 0) is 59.5 Å². The fraction of sp³-hybridized carbons (Fsp3) is 0.737. The van der Waals surface area contributed by atoms with Gasteiger partial charge >= 0.3 is 6.03 Å². The van der Waals surface area contributed by atoms with Gasteiger partial charge in [-0.25, -0.2) is 9.78 Å². The fourth-order valence-corrected chi connectivity index (χ4v) is 3.17. The summed E-state index contributed by atoms with van der Waals surface area (Å²) < 4.78 is 5.66. The molecule has 3 N–H and O–H groups in total. The Hall–Kier alpha value is -2.09. The summed E-state index contributed by atoms with van der Waals surface area (Å²) in [6.45, 7) is 11.1. The Morgan fingerprint density at radius 3 is 2.44 bits per heavy atom. The molecule has 8 nitrogen and oxygen atoms in total. The van der Waals surface area contributed by atoms with Crippen LogP contribution in [0.1, 0.15) is 44.0 Å². The van der Waals surface area contributed by atoms with Crippen LogP contribution in [0, 0.1) is 25.2 Å². The average molecular weight is 380 g/mol. The number of amides is 3. The molecule has 0 aromatic carbocycles. The van der Waals surface area contributed by atoms with Gasteiger partial charge in [-0.15, -0.1) is 0 Å². The minimum absolute atomic E-state index is 0.0911. The molecule has 0 atom stereocenters. The summed E-state index contributed by atoms with van der Waals surface area (Å²) in [7, 11) is 1.60. The van der Waals surface area contributed by atoms with Gasteiger partial charge < -0.3 is 20.4 Å². The van der Waals surface area contributed by atoms with Crippen molar-refractivity contribution in [3.63, 3.8) is 0 Å². The molecule has 1 fully saturated rings. The van der Waals surface area contributed by atoms with Crippen LogP contribution in [-0.4, -0.2) is 55.0 Å². The third-order valence-electron chi connectivity index (χ3n) is 5.22. The number of urea groups is 1. The van der Waals surface area contributed by atoms with Crippen molar-refractivity contribution in [2.45, 2.75) is 47.1 Å². The average Bonchev–Trinajstić information content (AvgIpc) is 2.95. The zero-order valence-electron chi connectivity index (χ0n) is 17.1. The molecule has 0 aliphatic carbocycles. The third-order valence-corrected chi connectivity index (χ3v) is 5.22. The van der Waals surface area contributed by atoms with Crippen LogP contribution in [0.5, 0.6) is 0 Å². The first kappa shape index (κ1) is 21.2. The summed E-state index contributed by atoms with van der Waals surface area (Å²) in [4.78, 5) is 30.5. The van der Waals surface area contributed by atoms with Gasteiger partial charge in [-0.2, -0.15) is 0 Å². The summed E-state index contributed by atoms with van der Waals surface area (Å²) in [5, 5.41) is 8.32. The number of aryl methyl sites for hydroxylation is 2. The molecule has 8 heteroatoms. The van der Waals surface area contributed by atoms with Gasteiger partial charge in [0, 0.05) is 20.1 Å². The number of likely N-dealkylation sites (tertiary alicyclic amines) is 1. The van der Waals surface area contributed by atoms with Crippen molar-refractivity contribution >= 4 is 11.9 Å². The monoisotopic (exact) mass is 379 g/mol. The maximum Gasteiger partial charge on any atom is 0.314 e. The molecule has 0 unspecified atom stereocenters. The maximum atomic E-state index is 12.0. The standard InChI is InChI=1S/C19H33N5O3/c1-13-14(2)27-16(23-13)11-24-8-6-15(7-9-24)10-21-18(26)22-12-19(3,4)17(25)20-5/h15H,6-12H2,1-5H3,(H,20,25)(H2,21,22,26). The van der Waals surface area contributed by atoms with Crippen LogP contribution in [-0.2, 0) is 11.3 Å². The van der Waals surface area contributed by atoms with Crippen LogP contribution in [0.2, 0.25) is 0 Å². The van der Waals surface area contributed by atoms with E-state index in [1.54, 1.807) is 20.9 Å². The molecule has 1 aromatic rings. The Morgan fingerprint density at radius 1 is 1.22 bits per heavy atom. The lowest BCUT2D eigenvalue weighted by Crippen LogP contribution is -2.47. The summed E-state index contributed by atoms with van der Waals surface area (Å²) in [5.74, 6) is 2.04. The molecule has 1 aliphatic rings. The van der Waals surface area contributed by atoms with E-state index in [0.29, 0.717) is 19.0 Å². The highest BCUT2D eigenvalue weighted by atomic mass is 16.4. The van der Waals surface area contributed by atoms with Crippen molar-refractivity contribution in [3.05, 3.63) is 17.3 Å². The minimum atomic E-state index is -0.631. The number of oxazole rings is 1. The smallest absolute Gasteiger partial charge is 0.314 e. The van der Waals surface area contributed by atoms with E-state index in [-0.39, 0.29) is 11.9 Å². The predicted molar refractivity (Wildman–Crippen MR) is 103 cm³/mol. The molecule has 0 saturated carbocycles. The zero-order chi connectivity index (χ0) is 20.0. The molecule has 0 spiro atoms. The first-order valence-electron chi connectivity index (χ1n) is 9.60. The number of carbonyl (C=O) groups is 2. The lowest BCUT2D eigenvalue weighted by atomic mass is 9.92. The van der Waals surface area contributed by atoms with Gasteiger partial charge in [0.05, 0.1) is 17.7 Å². The highest BCUT2D eigenvalue weighted by Crippen LogP contribution is 2.19.